The van der Waals surface area contributed by atoms with Crippen molar-refractivity contribution in [3.05, 3.63) is 36.2 Å². The zero-order chi connectivity index (χ0) is 21.3. The molecule has 0 unspecified atom stereocenters. The molecule has 1 N–H and O–H groups in total. The Balaban J connectivity index is 1.35. The van der Waals surface area contributed by atoms with Gasteiger partial charge in [0.05, 0.1) is 12.2 Å². The summed E-state index contributed by atoms with van der Waals surface area (Å²) in [5.41, 5.74) is 0.818. The summed E-state index contributed by atoms with van der Waals surface area (Å²) in [6.45, 7) is 1.05. The monoisotopic (exact) mass is 433 g/mol. The maximum absolute atomic E-state index is 12.5. The molecule has 3 heterocycles. The van der Waals surface area contributed by atoms with E-state index in [1.165, 1.54) is 10.6 Å². The van der Waals surface area contributed by atoms with Gasteiger partial charge in [0, 0.05) is 37.7 Å². The summed E-state index contributed by atoms with van der Waals surface area (Å²) in [6, 6.07) is 9.36. The first-order valence-corrected chi connectivity index (χ1v) is 11.6. The molecule has 2 aliphatic rings. The standard InChI is InChI=1S/C19H23N5O5S/c1-30(27,28)23-9-7-13(8-10-23)17(26)20-19-22-21-18(29-19)14-11-16(25)24(12-14)15-5-3-2-4-6-15/h2-6,13-14H,7-12H2,1H3,(H,20,22,26)/t14-/m0/s1. The number of nitrogens with zero attached hydrogens (tertiary/aromatic N) is 4. The zero-order valence-corrected chi connectivity index (χ0v) is 17.3. The van der Waals surface area contributed by atoms with E-state index in [-0.39, 0.29) is 36.1 Å². The van der Waals surface area contributed by atoms with Gasteiger partial charge in [-0.05, 0) is 25.0 Å². The number of amides is 2. The first-order valence-electron chi connectivity index (χ1n) is 9.76. The van der Waals surface area contributed by atoms with Crippen molar-refractivity contribution in [1.82, 2.24) is 14.5 Å². The molecule has 1 aromatic carbocycles. The fourth-order valence-electron chi connectivity index (χ4n) is 3.84. The van der Waals surface area contributed by atoms with Gasteiger partial charge in [0.15, 0.2) is 0 Å². The van der Waals surface area contributed by atoms with E-state index in [4.69, 9.17) is 4.42 Å². The van der Waals surface area contributed by atoms with Crippen LogP contribution in [0.3, 0.4) is 0 Å². The quantitative estimate of drug-likeness (QED) is 0.751. The van der Waals surface area contributed by atoms with Gasteiger partial charge in [-0.2, -0.15) is 0 Å². The first-order chi connectivity index (χ1) is 14.3. The summed E-state index contributed by atoms with van der Waals surface area (Å²) < 4.78 is 30.1. The average molecular weight is 433 g/mol. The minimum Gasteiger partial charge on any atom is -0.407 e. The third-order valence-corrected chi connectivity index (χ3v) is 6.81. The molecule has 2 aliphatic heterocycles. The highest BCUT2D eigenvalue weighted by atomic mass is 32.2. The molecule has 0 bridgehead atoms. The van der Waals surface area contributed by atoms with Crippen molar-refractivity contribution < 1.29 is 22.4 Å². The number of carbonyl (C=O) groups is 2. The number of nitrogens with one attached hydrogen (secondary N) is 1. The molecule has 4 rings (SSSR count). The molecule has 2 amide bonds. The molecular formula is C19H23N5O5S. The number of hydrogen-bond acceptors (Lipinski definition) is 7. The summed E-state index contributed by atoms with van der Waals surface area (Å²) in [5, 5.41) is 10.5. The van der Waals surface area contributed by atoms with E-state index in [1.807, 2.05) is 30.3 Å². The van der Waals surface area contributed by atoms with Crippen molar-refractivity contribution in [2.75, 3.05) is 36.1 Å². The van der Waals surface area contributed by atoms with Gasteiger partial charge in [0.1, 0.15) is 0 Å². The minimum atomic E-state index is -3.24. The van der Waals surface area contributed by atoms with Crippen LogP contribution in [0.2, 0.25) is 0 Å². The maximum Gasteiger partial charge on any atom is 0.322 e. The van der Waals surface area contributed by atoms with Crippen LogP contribution in [0, 0.1) is 5.92 Å². The van der Waals surface area contributed by atoms with E-state index in [1.54, 1.807) is 4.90 Å². The van der Waals surface area contributed by atoms with E-state index < -0.39 is 10.0 Å². The Morgan fingerprint density at radius 2 is 1.87 bits per heavy atom. The lowest BCUT2D eigenvalue weighted by atomic mass is 9.97. The van der Waals surface area contributed by atoms with Crippen LogP contribution in [0.15, 0.2) is 34.7 Å². The second kappa shape index (κ2) is 8.15. The maximum atomic E-state index is 12.5. The normalized spacial score (nSPS) is 21.2. The average Bonchev–Trinajstić information content (AvgIpc) is 3.34. The number of piperidine rings is 1. The van der Waals surface area contributed by atoms with Gasteiger partial charge in [-0.3, -0.25) is 14.9 Å². The highest BCUT2D eigenvalue weighted by Gasteiger charge is 2.35. The van der Waals surface area contributed by atoms with Crippen molar-refractivity contribution >= 4 is 33.5 Å². The highest BCUT2D eigenvalue weighted by molar-refractivity contribution is 7.88. The minimum absolute atomic E-state index is 0.00819. The lowest BCUT2D eigenvalue weighted by Gasteiger charge is -2.29. The molecular weight excluding hydrogens is 410 g/mol. The van der Waals surface area contributed by atoms with Crippen molar-refractivity contribution in [2.24, 2.45) is 5.92 Å². The number of carbonyl (C=O) groups excluding carboxylic acids is 2. The van der Waals surface area contributed by atoms with E-state index in [9.17, 15) is 18.0 Å². The van der Waals surface area contributed by atoms with Gasteiger partial charge < -0.3 is 9.32 Å². The molecule has 30 heavy (non-hydrogen) atoms. The molecule has 160 valence electrons. The van der Waals surface area contributed by atoms with E-state index in [0.717, 1.165) is 5.69 Å². The predicted molar refractivity (Wildman–Crippen MR) is 108 cm³/mol. The lowest BCUT2D eigenvalue weighted by Crippen LogP contribution is -2.40. The SMILES string of the molecule is CS(=O)(=O)N1CCC(C(=O)Nc2nnc([C@H]3CC(=O)N(c4ccccc4)C3)o2)CC1. The Kier molecular flexibility index (Phi) is 5.56. The van der Waals surface area contributed by atoms with Crippen molar-refractivity contribution in [3.8, 4) is 0 Å². The second-order valence-electron chi connectivity index (χ2n) is 7.61. The molecule has 0 spiro atoms. The summed E-state index contributed by atoms with van der Waals surface area (Å²) >= 11 is 0. The van der Waals surface area contributed by atoms with Gasteiger partial charge >= 0.3 is 6.01 Å². The Morgan fingerprint density at radius 1 is 1.17 bits per heavy atom. The molecule has 11 heteroatoms. The molecule has 0 saturated carbocycles. The third kappa shape index (κ3) is 4.36. The van der Waals surface area contributed by atoms with Crippen molar-refractivity contribution in [2.45, 2.75) is 25.2 Å². The van der Waals surface area contributed by atoms with Crippen molar-refractivity contribution in [3.63, 3.8) is 0 Å². The topological polar surface area (TPSA) is 126 Å². The van der Waals surface area contributed by atoms with Gasteiger partial charge in [0.25, 0.3) is 0 Å². The second-order valence-corrected chi connectivity index (χ2v) is 9.59. The lowest BCUT2D eigenvalue weighted by molar-refractivity contribution is -0.121. The summed E-state index contributed by atoms with van der Waals surface area (Å²) in [7, 11) is -3.24. The van der Waals surface area contributed by atoms with E-state index >= 15 is 0 Å². The number of aromatic nitrogens is 2. The Bertz CT molecular complexity index is 1030. The van der Waals surface area contributed by atoms with E-state index in [2.05, 4.69) is 15.5 Å². The zero-order valence-electron chi connectivity index (χ0n) is 16.5. The van der Waals surface area contributed by atoms with Crippen LogP contribution in [0.1, 0.15) is 31.1 Å². The fourth-order valence-corrected chi connectivity index (χ4v) is 4.71. The van der Waals surface area contributed by atoms with Crippen molar-refractivity contribution in [1.29, 1.82) is 0 Å². The molecule has 1 atom stereocenters. The molecule has 2 fully saturated rings. The van der Waals surface area contributed by atoms with Gasteiger partial charge in [-0.15, -0.1) is 5.10 Å². The fraction of sp³-hybridized carbons (Fsp3) is 0.474. The molecule has 0 radical (unpaired) electrons. The molecule has 10 nitrogen and oxygen atoms in total. The molecule has 2 aromatic rings. The third-order valence-electron chi connectivity index (χ3n) is 5.51. The predicted octanol–water partition coefficient (Wildman–Crippen LogP) is 1.20. The van der Waals surface area contributed by atoms with Gasteiger partial charge in [-0.25, -0.2) is 12.7 Å². The summed E-state index contributed by atoms with van der Waals surface area (Å²) in [6.07, 6.45) is 2.29. The molecule has 2 saturated heterocycles. The summed E-state index contributed by atoms with van der Waals surface area (Å²) in [5.74, 6) is -0.544. The Morgan fingerprint density at radius 3 is 2.53 bits per heavy atom. The van der Waals surface area contributed by atoms with Crippen LogP contribution >= 0.6 is 0 Å². The number of sulfonamides is 1. The van der Waals surface area contributed by atoms with Crippen LogP contribution in [0.4, 0.5) is 11.7 Å². The van der Waals surface area contributed by atoms with Gasteiger partial charge in [-0.1, -0.05) is 23.3 Å². The number of hydrogen-bond donors (Lipinski definition) is 1. The van der Waals surface area contributed by atoms with Crippen LogP contribution in [0.25, 0.3) is 0 Å². The van der Waals surface area contributed by atoms with Crippen LogP contribution in [-0.2, 0) is 19.6 Å². The molecule has 0 aliphatic carbocycles. The molecule has 1 aromatic heterocycles. The van der Waals surface area contributed by atoms with E-state index in [0.29, 0.717) is 38.4 Å². The largest absolute Gasteiger partial charge is 0.407 e. The number of para-hydroxylation sites is 1. The highest BCUT2D eigenvalue weighted by Crippen LogP contribution is 2.31. The smallest absolute Gasteiger partial charge is 0.322 e. The number of benzene rings is 1. The number of anilines is 2. The number of rotatable bonds is 5. The summed E-state index contributed by atoms with van der Waals surface area (Å²) in [4.78, 5) is 26.5. The Labute approximate surface area is 174 Å². The van der Waals surface area contributed by atoms with Crippen LogP contribution in [0.5, 0.6) is 0 Å². The van der Waals surface area contributed by atoms with Crippen LogP contribution < -0.4 is 10.2 Å². The van der Waals surface area contributed by atoms with Crippen LogP contribution in [-0.4, -0.2) is 60.6 Å². The Hall–Kier alpha value is -2.79. The first kappa shape index (κ1) is 20.5. The van der Waals surface area contributed by atoms with Gasteiger partial charge in [0.2, 0.25) is 27.7 Å².